The van der Waals surface area contributed by atoms with Crippen LogP contribution in [-0.2, 0) is 14.3 Å². The fourth-order valence-electron chi connectivity index (χ4n) is 5.85. The summed E-state index contributed by atoms with van der Waals surface area (Å²) in [5, 5.41) is 14.0. The van der Waals surface area contributed by atoms with Crippen LogP contribution in [0.5, 0.6) is 0 Å². The van der Waals surface area contributed by atoms with Crippen molar-refractivity contribution in [1.29, 1.82) is 0 Å². The Labute approximate surface area is 258 Å². The van der Waals surface area contributed by atoms with Crippen molar-refractivity contribution in [3.8, 4) is 0 Å². The quantitative estimate of drug-likeness (QED) is 0.356. The van der Waals surface area contributed by atoms with E-state index in [2.05, 4.69) is 26.3 Å². The Morgan fingerprint density at radius 1 is 1.04 bits per heavy atom. The first-order valence-electron chi connectivity index (χ1n) is 15.1. The van der Waals surface area contributed by atoms with Crippen LogP contribution in [0.25, 0.3) is 0 Å². The number of likely N-dealkylation sites (tertiary alicyclic amines) is 1. The summed E-state index contributed by atoms with van der Waals surface area (Å²) >= 11 is 0. The highest BCUT2D eigenvalue weighted by Gasteiger charge is 2.57. The molecule has 16 heteroatoms. The summed E-state index contributed by atoms with van der Waals surface area (Å²) in [4.78, 5) is 53.6. The summed E-state index contributed by atoms with van der Waals surface area (Å²) < 4.78 is 48.1. The van der Waals surface area contributed by atoms with Crippen LogP contribution in [0.1, 0.15) is 83.3 Å². The zero-order valence-electron chi connectivity index (χ0n) is 25.8. The molecule has 5 rings (SSSR count). The molecule has 2 saturated carbocycles. The normalized spacial score (nSPS) is 21.3. The van der Waals surface area contributed by atoms with Gasteiger partial charge in [-0.25, -0.2) is 9.69 Å². The van der Waals surface area contributed by atoms with E-state index in [9.17, 15) is 32.3 Å². The van der Waals surface area contributed by atoms with Gasteiger partial charge >= 0.3 is 12.3 Å². The van der Waals surface area contributed by atoms with Gasteiger partial charge in [0.2, 0.25) is 5.91 Å². The number of imide groups is 1. The van der Waals surface area contributed by atoms with Gasteiger partial charge in [0.15, 0.2) is 0 Å². The topological polar surface area (TPSA) is 152 Å². The maximum atomic E-state index is 13.8. The molecule has 0 radical (unpaired) electrons. The molecule has 13 nitrogen and oxygen atoms in total. The Bertz CT molecular complexity index is 1430. The molecule has 4 amide bonds. The summed E-state index contributed by atoms with van der Waals surface area (Å²) in [5.41, 5.74) is 2.01. The third-order valence-corrected chi connectivity index (χ3v) is 8.09. The van der Waals surface area contributed by atoms with E-state index in [1.165, 1.54) is 39.4 Å². The van der Waals surface area contributed by atoms with E-state index < -0.39 is 60.1 Å². The number of rotatable bonds is 10. The number of nitrogens with zero attached hydrogens (tertiary/aromatic N) is 5. The fraction of sp³-hybridized carbons (Fsp3) is 0.655. The number of hydrogen-bond acceptors (Lipinski definition) is 8. The molecule has 3 fully saturated rings. The summed E-state index contributed by atoms with van der Waals surface area (Å²) in [5.74, 6) is -1.41. The fourth-order valence-corrected chi connectivity index (χ4v) is 5.85. The largest absolute Gasteiger partial charge is 0.443 e. The van der Waals surface area contributed by atoms with Crippen LogP contribution in [-0.4, -0.2) is 78.3 Å². The molecule has 2 aromatic heterocycles. The zero-order valence-corrected chi connectivity index (χ0v) is 25.8. The Morgan fingerprint density at radius 3 is 2.24 bits per heavy atom. The van der Waals surface area contributed by atoms with E-state index >= 15 is 0 Å². The lowest BCUT2D eigenvalue weighted by molar-refractivity contribution is -0.177. The number of carbonyl (C=O) groups excluding carboxylic acids is 4. The van der Waals surface area contributed by atoms with Crippen LogP contribution >= 0.6 is 0 Å². The van der Waals surface area contributed by atoms with Gasteiger partial charge in [-0.05, 0) is 84.1 Å². The van der Waals surface area contributed by atoms with E-state index in [1.807, 2.05) is 13.8 Å². The van der Waals surface area contributed by atoms with Gasteiger partial charge in [0.05, 0.1) is 18.1 Å². The van der Waals surface area contributed by atoms with E-state index in [-0.39, 0.29) is 22.5 Å². The van der Waals surface area contributed by atoms with Gasteiger partial charge in [0.25, 0.3) is 11.8 Å². The van der Waals surface area contributed by atoms with E-state index in [4.69, 9.17) is 4.74 Å². The van der Waals surface area contributed by atoms with E-state index in [0.717, 1.165) is 30.5 Å². The predicted molar refractivity (Wildman–Crippen MR) is 154 cm³/mol. The maximum absolute atomic E-state index is 13.8. The van der Waals surface area contributed by atoms with E-state index in [1.54, 1.807) is 10.7 Å². The molecule has 1 aliphatic heterocycles. The molecule has 3 aliphatic rings. The van der Waals surface area contributed by atoms with Crippen molar-refractivity contribution in [2.24, 2.45) is 17.8 Å². The lowest BCUT2D eigenvalue weighted by Gasteiger charge is -2.28. The minimum Gasteiger partial charge on any atom is -0.443 e. The highest BCUT2D eigenvalue weighted by atomic mass is 19.4. The Hall–Kier alpha value is -4.11. The van der Waals surface area contributed by atoms with Crippen molar-refractivity contribution in [1.82, 2.24) is 29.9 Å². The first-order chi connectivity index (χ1) is 21.0. The smallest absolute Gasteiger partial charge is 0.417 e. The van der Waals surface area contributed by atoms with Crippen molar-refractivity contribution in [2.45, 2.75) is 103 Å². The molecule has 1 saturated heterocycles. The molecule has 3 atom stereocenters. The van der Waals surface area contributed by atoms with Crippen molar-refractivity contribution < 1.29 is 37.1 Å². The molecule has 3 heterocycles. The monoisotopic (exact) mass is 636 g/mol. The molecule has 246 valence electrons. The molecule has 2 aromatic rings. The molecule has 0 bridgehead atoms. The van der Waals surface area contributed by atoms with Crippen molar-refractivity contribution in [2.75, 3.05) is 10.7 Å². The molecular formula is C29H39F3N8O5. The number of alkyl halides is 3. The Balaban J connectivity index is 1.29. The van der Waals surface area contributed by atoms with Crippen molar-refractivity contribution in [3.63, 3.8) is 0 Å². The predicted octanol–water partition coefficient (Wildman–Crippen LogP) is 3.84. The molecule has 3 N–H and O–H groups in total. The molecule has 2 aliphatic carbocycles. The lowest BCUT2D eigenvalue weighted by Crippen LogP contribution is -2.50. The number of halogens is 3. The van der Waals surface area contributed by atoms with Gasteiger partial charge < -0.3 is 15.4 Å². The second-order valence-electron chi connectivity index (χ2n) is 13.3. The van der Waals surface area contributed by atoms with Gasteiger partial charge in [-0.3, -0.25) is 24.5 Å². The number of amides is 4. The minimum absolute atomic E-state index is 0.0493. The summed E-state index contributed by atoms with van der Waals surface area (Å²) in [6.45, 7) is 8.25. The SMILES string of the molecule is CC(C)n1nccc1C(=O)N[C@H](C(=O)Nc1cnn(N[C@@H]2C[C@@H](C(F)(F)F)N(C(=O)OC(C)(C)C)C2=O)c1)C(C1CC1)C1CC1. The summed E-state index contributed by atoms with van der Waals surface area (Å²) in [6.07, 6.45) is 0.979. The average Bonchev–Trinajstić information content (AvgIpc) is 3.81. The van der Waals surface area contributed by atoms with Crippen LogP contribution in [0.4, 0.5) is 23.7 Å². The molecular weight excluding hydrogens is 597 g/mol. The number of nitrogens with one attached hydrogen (secondary N) is 3. The van der Waals surface area contributed by atoms with E-state index in [0.29, 0.717) is 17.5 Å². The van der Waals surface area contributed by atoms with Gasteiger partial charge in [-0.1, -0.05) is 0 Å². The standard InChI is InChI=1S/C29H39F3N8O5/c1-15(2)40-20(10-11-33-40)24(41)36-23(22(16-6-7-16)17-8-9-17)25(42)35-18-13-34-38(14-18)37-19-12-21(29(30,31)32)39(26(19)43)27(44)45-28(3,4)5/h10-11,13-17,19,21-23,37H,6-9,12H2,1-5H3,(H,35,42)(H,36,41)/t19-,21+,23+/m1/s1. The maximum Gasteiger partial charge on any atom is 0.417 e. The van der Waals surface area contributed by atoms with Crippen molar-refractivity contribution in [3.05, 3.63) is 30.4 Å². The van der Waals surface area contributed by atoms with Crippen LogP contribution < -0.4 is 16.1 Å². The second-order valence-corrected chi connectivity index (χ2v) is 13.3. The van der Waals surface area contributed by atoms with Gasteiger partial charge in [0, 0.05) is 18.7 Å². The second kappa shape index (κ2) is 12.0. The molecule has 0 unspecified atom stereocenters. The minimum atomic E-state index is -4.88. The molecule has 0 spiro atoms. The van der Waals surface area contributed by atoms with Crippen LogP contribution in [0, 0.1) is 17.8 Å². The highest BCUT2D eigenvalue weighted by molar-refractivity contribution is 6.01. The zero-order chi connectivity index (χ0) is 32.8. The number of carbonyl (C=O) groups is 4. The number of aromatic nitrogens is 4. The van der Waals surface area contributed by atoms with Gasteiger partial charge in [-0.2, -0.15) is 28.2 Å². The third-order valence-electron chi connectivity index (χ3n) is 8.09. The van der Waals surface area contributed by atoms with Crippen LogP contribution in [0.2, 0.25) is 0 Å². The van der Waals surface area contributed by atoms with Crippen molar-refractivity contribution >= 4 is 29.5 Å². The van der Waals surface area contributed by atoms with Crippen LogP contribution in [0.3, 0.4) is 0 Å². The Morgan fingerprint density at radius 2 is 1.69 bits per heavy atom. The summed E-state index contributed by atoms with van der Waals surface area (Å²) in [6, 6.07) is -3.13. The van der Waals surface area contributed by atoms with Gasteiger partial charge in [-0.15, -0.1) is 0 Å². The summed E-state index contributed by atoms with van der Waals surface area (Å²) in [7, 11) is 0. The first kappa shape index (κ1) is 32.3. The number of anilines is 1. The third kappa shape index (κ3) is 7.41. The average molecular weight is 637 g/mol. The number of ether oxygens (including phenoxy) is 1. The highest BCUT2D eigenvalue weighted by Crippen LogP contribution is 2.51. The Kier molecular flexibility index (Phi) is 8.61. The molecule has 45 heavy (non-hydrogen) atoms. The van der Waals surface area contributed by atoms with Gasteiger partial charge in [0.1, 0.15) is 29.4 Å². The number of hydrogen-bond donors (Lipinski definition) is 3. The van der Waals surface area contributed by atoms with Crippen LogP contribution in [0.15, 0.2) is 24.7 Å². The lowest BCUT2D eigenvalue weighted by atomic mass is 9.88. The molecule has 0 aromatic carbocycles. The first-order valence-corrected chi connectivity index (χ1v) is 15.1.